The molecular formula is C12H17N3O4S. The number of nitro benzene ring substituents is 1. The summed E-state index contributed by atoms with van der Waals surface area (Å²) in [5.74, 6) is 0.329. The van der Waals surface area contributed by atoms with Gasteiger partial charge < -0.3 is 5.73 Å². The summed E-state index contributed by atoms with van der Waals surface area (Å²) < 4.78 is 26.3. The Kier molecular flexibility index (Phi) is 3.70. The molecule has 0 heterocycles. The van der Waals surface area contributed by atoms with Gasteiger partial charge in [0, 0.05) is 13.1 Å². The van der Waals surface area contributed by atoms with Gasteiger partial charge in [-0.25, -0.2) is 8.42 Å². The van der Waals surface area contributed by atoms with Crippen LogP contribution in [0.1, 0.15) is 19.8 Å². The first-order chi connectivity index (χ1) is 9.26. The summed E-state index contributed by atoms with van der Waals surface area (Å²) in [6.07, 6.45) is 1.97. The zero-order chi connectivity index (χ0) is 15.1. The Morgan fingerprint density at radius 3 is 2.55 bits per heavy atom. The third kappa shape index (κ3) is 2.48. The summed E-state index contributed by atoms with van der Waals surface area (Å²) in [5.41, 5.74) is 4.84. The van der Waals surface area contributed by atoms with Gasteiger partial charge in [-0.3, -0.25) is 10.1 Å². The average molecular weight is 299 g/mol. The minimum absolute atomic E-state index is 0.149. The fourth-order valence-corrected chi connectivity index (χ4v) is 3.80. The minimum atomic E-state index is -3.93. The molecule has 1 aromatic carbocycles. The van der Waals surface area contributed by atoms with E-state index in [9.17, 15) is 18.5 Å². The summed E-state index contributed by atoms with van der Waals surface area (Å²) in [6.45, 7) is 1.81. The number of benzene rings is 1. The number of nitrogens with two attached hydrogens (primary N) is 1. The summed E-state index contributed by atoms with van der Waals surface area (Å²) >= 11 is 0. The summed E-state index contributed by atoms with van der Waals surface area (Å²) in [4.78, 5) is 9.97. The van der Waals surface area contributed by atoms with Gasteiger partial charge >= 0.3 is 5.69 Å². The monoisotopic (exact) mass is 299 g/mol. The molecule has 110 valence electrons. The molecule has 1 aliphatic rings. The van der Waals surface area contributed by atoms with Gasteiger partial charge in [-0.1, -0.05) is 6.07 Å². The second-order valence-corrected chi connectivity index (χ2v) is 7.02. The number of para-hydroxylation sites is 1. The van der Waals surface area contributed by atoms with Crippen molar-refractivity contribution in [3.8, 4) is 0 Å². The van der Waals surface area contributed by atoms with E-state index in [0.29, 0.717) is 5.92 Å². The van der Waals surface area contributed by atoms with Gasteiger partial charge in [0.2, 0.25) is 10.0 Å². The van der Waals surface area contributed by atoms with E-state index in [1.54, 1.807) is 0 Å². The van der Waals surface area contributed by atoms with Gasteiger partial charge in [0.15, 0.2) is 4.90 Å². The Balaban J connectivity index is 2.49. The number of hydrogen-bond acceptors (Lipinski definition) is 5. The van der Waals surface area contributed by atoms with E-state index in [1.807, 2.05) is 6.92 Å². The zero-order valence-corrected chi connectivity index (χ0v) is 12.1. The molecule has 0 aromatic heterocycles. The Labute approximate surface area is 117 Å². The molecule has 1 fully saturated rings. The Hall–Kier alpha value is -1.67. The van der Waals surface area contributed by atoms with Crippen LogP contribution in [0.15, 0.2) is 23.1 Å². The van der Waals surface area contributed by atoms with E-state index in [1.165, 1.54) is 29.6 Å². The first kappa shape index (κ1) is 14.7. The maximum absolute atomic E-state index is 12.5. The lowest BCUT2D eigenvalue weighted by Crippen LogP contribution is -2.36. The quantitative estimate of drug-likeness (QED) is 0.505. The molecule has 1 aromatic rings. The third-order valence-electron chi connectivity index (χ3n) is 3.75. The van der Waals surface area contributed by atoms with Crippen molar-refractivity contribution in [1.29, 1.82) is 0 Å². The van der Waals surface area contributed by atoms with Gasteiger partial charge in [0.05, 0.1) is 4.92 Å². The van der Waals surface area contributed by atoms with E-state index in [0.717, 1.165) is 12.8 Å². The molecule has 0 amide bonds. The van der Waals surface area contributed by atoms with Gasteiger partial charge in [0.25, 0.3) is 0 Å². The maximum Gasteiger partial charge on any atom is 0.312 e. The molecule has 2 N–H and O–H groups in total. The molecule has 1 atom stereocenters. The fraction of sp³-hybridized carbons (Fsp3) is 0.500. The molecule has 7 nitrogen and oxygen atoms in total. The molecule has 20 heavy (non-hydrogen) atoms. The van der Waals surface area contributed by atoms with Crippen LogP contribution in [0.3, 0.4) is 0 Å². The Morgan fingerprint density at radius 1 is 1.45 bits per heavy atom. The fourth-order valence-electron chi connectivity index (χ4n) is 2.19. The number of anilines is 1. The lowest BCUT2D eigenvalue weighted by Gasteiger charge is -2.24. The van der Waals surface area contributed by atoms with Crippen molar-refractivity contribution in [2.24, 2.45) is 5.92 Å². The highest BCUT2D eigenvalue weighted by molar-refractivity contribution is 7.89. The van der Waals surface area contributed by atoms with Crippen LogP contribution in [-0.2, 0) is 10.0 Å². The van der Waals surface area contributed by atoms with E-state index in [4.69, 9.17) is 5.73 Å². The number of sulfonamides is 1. The van der Waals surface area contributed by atoms with Crippen molar-refractivity contribution in [3.63, 3.8) is 0 Å². The molecule has 1 saturated carbocycles. The van der Waals surface area contributed by atoms with Crippen molar-refractivity contribution >= 4 is 21.4 Å². The van der Waals surface area contributed by atoms with Crippen LogP contribution >= 0.6 is 0 Å². The highest BCUT2D eigenvalue weighted by Gasteiger charge is 2.39. The summed E-state index contributed by atoms with van der Waals surface area (Å²) in [7, 11) is -2.48. The van der Waals surface area contributed by atoms with Crippen molar-refractivity contribution in [2.75, 3.05) is 12.8 Å². The van der Waals surface area contributed by atoms with E-state index in [2.05, 4.69) is 0 Å². The highest BCUT2D eigenvalue weighted by atomic mass is 32.2. The second kappa shape index (κ2) is 5.02. The molecule has 0 spiro atoms. The molecule has 0 saturated heterocycles. The first-order valence-corrected chi connectivity index (χ1v) is 7.71. The predicted octanol–water partition coefficient (Wildman–Crippen LogP) is 1.60. The number of nitrogen functional groups attached to an aromatic ring is 1. The van der Waals surface area contributed by atoms with Crippen LogP contribution < -0.4 is 5.73 Å². The minimum Gasteiger partial charge on any atom is -0.393 e. The summed E-state index contributed by atoms with van der Waals surface area (Å²) in [5, 5.41) is 11.1. The largest absolute Gasteiger partial charge is 0.393 e. The van der Waals surface area contributed by atoms with Gasteiger partial charge in [-0.15, -0.1) is 0 Å². The molecule has 0 bridgehead atoms. The Bertz CT molecular complexity index is 640. The molecule has 1 aliphatic carbocycles. The van der Waals surface area contributed by atoms with Crippen LogP contribution in [0.25, 0.3) is 0 Å². The average Bonchev–Trinajstić information content (AvgIpc) is 3.20. The standard InChI is InChI=1S/C12H17N3O4S/c1-8(9-6-7-9)14(2)20(18,19)11-5-3-4-10(13)12(11)15(16)17/h3-5,8-9H,6-7,13H2,1-2H3. The molecule has 2 rings (SSSR count). The number of nitro groups is 1. The lowest BCUT2D eigenvalue weighted by atomic mass is 10.2. The number of hydrogen-bond donors (Lipinski definition) is 1. The second-order valence-electron chi connectivity index (χ2n) is 5.05. The predicted molar refractivity (Wildman–Crippen MR) is 74.6 cm³/mol. The summed E-state index contributed by atoms with van der Waals surface area (Å²) in [6, 6.07) is 3.77. The zero-order valence-electron chi connectivity index (χ0n) is 11.3. The molecule has 8 heteroatoms. The van der Waals surface area contributed by atoms with Crippen LogP contribution in [0.2, 0.25) is 0 Å². The number of rotatable bonds is 5. The highest BCUT2D eigenvalue weighted by Crippen LogP contribution is 2.38. The number of nitrogens with zero attached hydrogens (tertiary/aromatic N) is 2. The first-order valence-electron chi connectivity index (χ1n) is 6.27. The van der Waals surface area contributed by atoms with Crippen molar-refractivity contribution in [3.05, 3.63) is 28.3 Å². The van der Waals surface area contributed by atoms with Gasteiger partial charge in [-0.2, -0.15) is 4.31 Å². The van der Waals surface area contributed by atoms with Crippen molar-refractivity contribution < 1.29 is 13.3 Å². The van der Waals surface area contributed by atoms with Crippen LogP contribution in [0.4, 0.5) is 11.4 Å². The SMILES string of the molecule is CC(C1CC1)N(C)S(=O)(=O)c1cccc(N)c1[N+](=O)[O-]. The Morgan fingerprint density at radius 2 is 2.05 bits per heavy atom. The van der Waals surface area contributed by atoms with Gasteiger partial charge in [0.1, 0.15) is 5.69 Å². The molecule has 0 aliphatic heterocycles. The normalized spacial score (nSPS) is 17.1. The molecular weight excluding hydrogens is 282 g/mol. The third-order valence-corrected chi connectivity index (χ3v) is 5.72. The topological polar surface area (TPSA) is 107 Å². The molecule has 0 radical (unpaired) electrons. The van der Waals surface area contributed by atoms with E-state index < -0.39 is 20.6 Å². The van der Waals surface area contributed by atoms with Gasteiger partial charge in [-0.05, 0) is 37.8 Å². The van der Waals surface area contributed by atoms with Crippen LogP contribution in [-0.4, -0.2) is 30.7 Å². The van der Waals surface area contributed by atoms with Crippen LogP contribution in [0.5, 0.6) is 0 Å². The van der Waals surface area contributed by atoms with Crippen LogP contribution in [0, 0.1) is 16.0 Å². The smallest absolute Gasteiger partial charge is 0.312 e. The molecule has 1 unspecified atom stereocenters. The maximum atomic E-state index is 12.5. The van der Waals surface area contributed by atoms with E-state index in [-0.39, 0.29) is 16.6 Å². The van der Waals surface area contributed by atoms with Crippen molar-refractivity contribution in [1.82, 2.24) is 4.31 Å². The van der Waals surface area contributed by atoms with Crippen molar-refractivity contribution in [2.45, 2.75) is 30.7 Å². The lowest BCUT2D eigenvalue weighted by molar-refractivity contribution is -0.386. The van der Waals surface area contributed by atoms with E-state index >= 15 is 0 Å².